The number of H-pyrrole nitrogens is 1. The zero-order chi connectivity index (χ0) is 24.1. The largest absolute Gasteiger partial charge is 0.270 e. The lowest BCUT2D eigenvalue weighted by Crippen LogP contribution is -2.17. The van der Waals surface area contributed by atoms with Crippen molar-refractivity contribution in [2.75, 3.05) is 0 Å². The molecule has 0 radical (unpaired) electrons. The fourth-order valence-corrected chi connectivity index (χ4v) is 4.34. The molecule has 0 saturated carbocycles. The first-order valence-electron chi connectivity index (χ1n) is 11.5. The number of rotatable bonds is 3. The standard InChI is InChI=1S/C29H23N5O/c1-17-4-10-20(11-5-17)23-16-24(21-12-6-18(2)7-13-21)30-26-25(23)28(35)34-27(32-33-29(34)31-26)22-14-8-19(3)9-15-22/h4-16H,1-3H3,(H,30,31,33). The van der Waals surface area contributed by atoms with Crippen LogP contribution < -0.4 is 5.56 Å². The highest BCUT2D eigenvalue weighted by atomic mass is 16.1. The predicted octanol–water partition coefficient (Wildman–Crippen LogP) is 5.89. The fourth-order valence-electron chi connectivity index (χ4n) is 4.34. The highest BCUT2D eigenvalue weighted by molar-refractivity contribution is 5.95. The first-order chi connectivity index (χ1) is 17.0. The molecule has 6 heteroatoms. The number of nitrogens with one attached hydrogen (secondary N) is 1. The number of hydrogen-bond acceptors (Lipinski definition) is 4. The van der Waals surface area contributed by atoms with Crippen molar-refractivity contribution in [3.05, 3.63) is 106 Å². The Labute approximate surface area is 202 Å². The van der Waals surface area contributed by atoms with Gasteiger partial charge in [0.05, 0.1) is 11.1 Å². The summed E-state index contributed by atoms with van der Waals surface area (Å²) in [4.78, 5) is 23.5. The second-order valence-corrected chi connectivity index (χ2v) is 8.97. The lowest BCUT2D eigenvalue weighted by atomic mass is 9.99. The molecule has 0 bridgehead atoms. The van der Waals surface area contributed by atoms with E-state index in [2.05, 4.69) is 29.3 Å². The topological polar surface area (TPSA) is 75.9 Å². The Bertz CT molecular complexity index is 1760. The van der Waals surface area contributed by atoms with Crippen LogP contribution in [-0.2, 0) is 0 Å². The summed E-state index contributed by atoms with van der Waals surface area (Å²) in [6.45, 7) is 6.13. The average Bonchev–Trinajstić information content (AvgIpc) is 3.29. The van der Waals surface area contributed by atoms with Gasteiger partial charge in [0.1, 0.15) is 0 Å². The van der Waals surface area contributed by atoms with Gasteiger partial charge in [-0.2, -0.15) is 10.1 Å². The van der Waals surface area contributed by atoms with Crippen molar-refractivity contribution in [3.8, 4) is 33.8 Å². The summed E-state index contributed by atoms with van der Waals surface area (Å²) in [7, 11) is 0. The maximum atomic E-state index is 14.0. The van der Waals surface area contributed by atoms with E-state index in [0.29, 0.717) is 22.6 Å². The molecule has 6 rings (SSSR count). The Balaban J connectivity index is 1.68. The molecule has 6 nitrogen and oxygen atoms in total. The van der Waals surface area contributed by atoms with Crippen molar-refractivity contribution < 1.29 is 0 Å². The molecule has 3 heterocycles. The van der Waals surface area contributed by atoms with Gasteiger partial charge in [0.15, 0.2) is 11.5 Å². The Kier molecular flexibility index (Phi) is 4.81. The van der Waals surface area contributed by atoms with Crippen molar-refractivity contribution in [2.45, 2.75) is 20.8 Å². The zero-order valence-electron chi connectivity index (χ0n) is 19.7. The van der Waals surface area contributed by atoms with Crippen LogP contribution in [0.15, 0.2) is 83.7 Å². The number of aromatic amines is 1. The van der Waals surface area contributed by atoms with Gasteiger partial charge >= 0.3 is 0 Å². The molecular weight excluding hydrogens is 434 g/mol. The Morgan fingerprint density at radius 2 is 1.23 bits per heavy atom. The maximum Gasteiger partial charge on any atom is 0.270 e. The summed E-state index contributed by atoms with van der Waals surface area (Å²) in [5, 5.41) is 7.83. The molecule has 0 amide bonds. The van der Waals surface area contributed by atoms with Gasteiger partial charge in [-0.3, -0.25) is 4.79 Å². The lowest BCUT2D eigenvalue weighted by molar-refractivity contribution is 1.08. The van der Waals surface area contributed by atoms with E-state index in [1.54, 1.807) is 0 Å². The molecule has 0 aliphatic rings. The van der Waals surface area contributed by atoms with Crippen LogP contribution in [0.2, 0.25) is 0 Å². The second-order valence-electron chi connectivity index (χ2n) is 8.97. The van der Waals surface area contributed by atoms with Gasteiger partial charge in [0.2, 0.25) is 5.78 Å². The van der Waals surface area contributed by atoms with E-state index in [1.165, 1.54) is 9.96 Å². The molecule has 3 aromatic heterocycles. The van der Waals surface area contributed by atoms with E-state index in [0.717, 1.165) is 39.1 Å². The predicted molar refractivity (Wildman–Crippen MR) is 139 cm³/mol. The van der Waals surface area contributed by atoms with E-state index in [-0.39, 0.29) is 5.56 Å². The third-order valence-electron chi connectivity index (χ3n) is 6.33. The van der Waals surface area contributed by atoms with Crippen molar-refractivity contribution in [2.24, 2.45) is 0 Å². The summed E-state index contributed by atoms with van der Waals surface area (Å²) in [6, 6.07) is 26.3. The van der Waals surface area contributed by atoms with Crippen LogP contribution in [0.3, 0.4) is 0 Å². The Morgan fingerprint density at radius 1 is 0.686 bits per heavy atom. The molecule has 0 aliphatic heterocycles. The monoisotopic (exact) mass is 457 g/mol. The molecular formula is C29H23N5O. The smallest absolute Gasteiger partial charge is 0.268 e. The van der Waals surface area contributed by atoms with Crippen LogP contribution in [0.5, 0.6) is 0 Å². The van der Waals surface area contributed by atoms with Crippen LogP contribution >= 0.6 is 0 Å². The summed E-state index contributed by atoms with van der Waals surface area (Å²) in [5.74, 6) is 0.887. The first-order valence-corrected chi connectivity index (χ1v) is 11.5. The van der Waals surface area contributed by atoms with Crippen molar-refractivity contribution in [3.63, 3.8) is 0 Å². The fraction of sp³-hybridized carbons (Fsp3) is 0.103. The molecule has 3 aromatic carbocycles. The minimum Gasteiger partial charge on any atom is -0.268 e. The molecule has 170 valence electrons. The van der Waals surface area contributed by atoms with Gasteiger partial charge in [-0.1, -0.05) is 89.5 Å². The summed E-state index contributed by atoms with van der Waals surface area (Å²) < 4.78 is 1.54. The summed E-state index contributed by atoms with van der Waals surface area (Å²) in [6.07, 6.45) is 0. The van der Waals surface area contributed by atoms with Gasteiger partial charge in [-0.15, -0.1) is 0 Å². The molecule has 1 N–H and O–H groups in total. The third-order valence-corrected chi connectivity index (χ3v) is 6.33. The first kappa shape index (κ1) is 21.0. The molecule has 6 aromatic rings. The molecule has 0 atom stereocenters. The van der Waals surface area contributed by atoms with Crippen LogP contribution in [-0.4, -0.2) is 24.6 Å². The van der Waals surface area contributed by atoms with Crippen molar-refractivity contribution in [1.82, 2.24) is 24.6 Å². The Morgan fingerprint density at radius 3 is 1.83 bits per heavy atom. The van der Waals surface area contributed by atoms with Crippen LogP contribution in [0, 0.1) is 20.8 Å². The number of aromatic nitrogens is 5. The summed E-state index contributed by atoms with van der Waals surface area (Å²) in [5.41, 5.74) is 7.97. The van der Waals surface area contributed by atoms with Gasteiger partial charge < -0.3 is 0 Å². The minimum atomic E-state index is -0.201. The van der Waals surface area contributed by atoms with Crippen molar-refractivity contribution >= 4 is 16.8 Å². The zero-order valence-corrected chi connectivity index (χ0v) is 19.7. The lowest BCUT2D eigenvalue weighted by Gasteiger charge is -2.11. The normalized spacial score (nSPS) is 11.4. The van der Waals surface area contributed by atoms with Gasteiger partial charge in [-0.25, -0.2) is 14.5 Å². The van der Waals surface area contributed by atoms with Crippen LogP contribution in [0.4, 0.5) is 0 Å². The number of hydrogen-bond donors (Lipinski definition) is 1. The quantitative estimate of drug-likeness (QED) is 0.359. The average molecular weight is 458 g/mol. The van der Waals surface area contributed by atoms with Gasteiger partial charge in [-0.05, 0) is 32.4 Å². The molecule has 35 heavy (non-hydrogen) atoms. The van der Waals surface area contributed by atoms with E-state index in [9.17, 15) is 4.79 Å². The van der Waals surface area contributed by atoms with E-state index >= 15 is 0 Å². The highest BCUT2D eigenvalue weighted by Gasteiger charge is 2.19. The van der Waals surface area contributed by atoms with Gasteiger partial charge in [0.25, 0.3) is 5.56 Å². The van der Waals surface area contributed by atoms with E-state index < -0.39 is 0 Å². The van der Waals surface area contributed by atoms with E-state index in [1.807, 2.05) is 80.6 Å². The van der Waals surface area contributed by atoms with Crippen LogP contribution in [0.1, 0.15) is 16.7 Å². The minimum absolute atomic E-state index is 0.201. The number of fused-ring (bicyclic) bond motifs is 2. The Hall–Kier alpha value is -4.58. The molecule has 0 fully saturated rings. The number of nitrogens with zero attached hydrogens (tertiary/aromatic N) is 4. The maximum absolute atomic E-state index is 14.0. The second kappa shape index (κ2) is 8.02. The van der Waals surface area contributed by atoms with Crippen LogP contribution in [0.25, 0.3) is 50.6 Å². The van der Waals surface area contributed by atoms with Crippen molar-refractivity contribution in [1.29, 1.82) is 0 Å². The molecule has 0 spiro atoms. The molecule has 0 aliphatic carbocycles. The SMILES string of the molecule is Cc1ccc(-c2cc(-c3ccc(C)cc3)c3c(=O)n4c(-c5ccc(C)cc5)n[nH]c4nc3n2)cc1. The molecule has 0 unspecified atom stereocenters. The highest BCUT2D eigenvalue weighted by Crippen LogP contribution is 2.31. The number of benzene rings is 3. The van der Waals surface area contributed by atoms with Gasteiger partial charge in [0, 0.05) is 16.7 Å². The molecule has 0 saturated heterocycles. The summed E-state index contributed by atoms with van der Waals surface area (Å²) >= 11 is 0. The number of aryl methyl sites for hydroxylation is 3. The number of pyridine rings is 1. The third kappa shape index (κ3) is 3.60. The van der Waals surface area contributed by atoms with E-state index in [4.69, 9.17) is 9.97 Å².